The van der Waals surface area contributed by atoms with Gasteiger partial charge in [0, 0.05) is 10.6 Å². The first-order valence-electron chi connectivity index (χ1n) is 7.78. The van der Waals surface area contributed by atoms with Crippen LogP contribution in [0.15, 0.2) is 47.6 Å². The molecular formula is C18H17ClN4OS. The van der Waals surface area contributed by atoms with E-state index in [1.54, 1.807) is 28.9 Å². The number of thioether (sulfide) groups is 1. The van der Waals surface area contributed by atoms with Gasteiger partial charge in [-0.1, -0.05) is 41.1 Å². The summed E-state index contributed by atoms with van der Waals surface area (Å²) >= 11 is 7.22. The molecule has 0 amide bonds. The Labute approximate surface area is 155 Å². The predicted molar refractivity (Wildman–Crippen MR) is 99.7 cm³/mol. The summed E-state index contributed by atoms with van der Waals surface area (Å²) in [4.78, 5) is 12.6. The van der Waals surface area contributed by atoms with Gasteiger partial charge < -0.3 is 0 Å². The molecular weight excluding hydrogens is 356 g/mol. The Morgan fingerprint density at radius 1 is 1.16 bits per heavy atom. The van der Waals surface area contributed by atoms with E-state index in [2.05, 4.69) is 21.6 Å². The van der Waals surface area contributed by atoms with Gasteiger partial charge in [0.15, 0.2) is 5.78 Å². The maximum Gasteiger partial charge on any atom is 0.214 e. The van der Waals surface area contributed by atoms with Gasteiger partial charge in [-0.15, -0.1) is 5.10 Å². The second kappa shape index (κ2) is 7.37. The molecule has 0 saturated carbocycles. The Balaban J connectivity index is 1.83. The van der Waals surface area contributed by atoms with Crippen LogP contribution in [0, 0.1) is 13.8 Å². The topological polar surface area (TPSA) is 60.7 Å². The SMILES string of the molecule is Cc1ccc(-n2nnnc2S[C@@H](C)C(=O)c2ccc(Cl)cc2)c(C)c1. The third-order valence-corrected chi connectivity index (χ3v) is 5.09. The molecule has 0 aliphatic carbocycles. The largest absolute Gasteiger partial charge is 0.293 e. The van der Waals surface area contributed by atoms with Gasteiger partial charge in [-0.3, -0.25) is 4.79 Å². The van der Waals surface area contributed by atoms with Crippen LogP contribution in [0.1, 0.15) is 28.4 Å². The molecule has 5 nitrogen and oxygen atoms in total. The first-order chi connectivity index (χ1) is 12.0. The zero-order valence-electron chi connectivity index (χ0n) is 14.1. The Morgan fingerprint density at radius 2 is 1.88 bits per heavy atom. The molecule has 0 N–H and O–H groups in total. The van der Waals surface area contributed by atoms with E-state index in [4.69, 9.17) is 11.6 Å². The van der Waals surface area contributed by atoms with Crippen molar-refractivity contribution in [1.29, 1.82) is 0 Å². The quantitative estimate of drug-likeness (QED) is 0.493. The zero-order chi connectivity index (χ0) is 18.0. The number of ketones is 1. The lowest BCUT2D eigenvalue weighted by molar-refractivity contribution is 0.0994. The third kappa shape index (κ3) is 3.91. The molecule has 1 aromatic heterocycles. The molecule has 0 aliphatic rings. The van der Waals surface area contributed by atoms with Crippen LogP contribution in [0.2, 0.25) is 5.02 Å². The molecule has 7 heteroatoms. The molecule has 25 heavy (non-hydrogen) atoms. The number of carbonyl (C=O) groups excluding carboxylic acids is 1. The van der Waals surface area contributed by atoms with Crippen LogP contribution in [-0.2, 0) is 0 Å². The van der Waals surface area contributed by atoms with Crippen LogP contribution in [-0.4, -0.2) is 31.2 Å². The van der Waals surface area contributed by atoms with E-state index >= 15 is 0 Å². The number of aryl methyl sites for hydroxylation is 2. The van der Waals surface area contributed by atoms with Gasteiger partial charge in [-0.2, -0.15) is 4.68 Å². The van der Waals surface area contributed by atoms with Gasteiger partial charge >= 0.3 is 0 Å². The average molecular weight is 373 g/mol. The van der Waals surface area contributed by atoms with E-state index in [9.17, 15) is 4.79 Å². The molecule has 0 saturated heterocycles. The number of hydrogen-bond acceptors (Lipinski definition) is 5. The molecule has 3 aromatic rings. The minimum Gasteiger partial charge on any atom is -0.293 e. The normalized spacial score (nSPS) is 12.2. The second-order valence-electron chi connectivity index (χ2n) is 5.79. The summed E-state index contributed by atoms with van der Waals surface area (Å²) in [7, 11) is 0. The van der Waals surface area contributed by atoms with Crippen LogP contribution in [0.3, 0.4) is 0 Å². The van der Waals surface area contributed by atoms with Crippen LogP contribution in [0.4, 0.5) is 0 Å². The molecule has 1 atom stereocenters. The summed E-state index contributed by atoms with van der Waals surface area (Å²) < 4.78 is 1.67. The van der Waals surface area contributed by atoms with E-state index in [1.807, 2.05) is 32.9 Å². The van der Waals surface area contributed by atoms with E-state index in [0.29, 0.717) is 15.7 Å². The van der Waals surface area contributed by atoms with Crippen molar-refractivity contribution >= 4 is 29.1 Å². The van der Waals surface area contributed by atoms with Crippen molar-refractivity contribution in [2.45, 2.75) is 31.2 Å². The first kappa shape index (κ1) is 17.6. The third-order valence-electron chi connectivity index (χ3n) is 3.80. The fourth-order valence-corrected chi connectivity index (χ4v) is 3.51. The standard InChI is InChI=1S/C18H17ClN4OS/c1-11-4-9-16(12(2)10-11)23-18(20-21-22-23)25-13(3)17(24)14-5-7-15(19)8-6-14/h4-10,13H,1-3H3/t13-/m0/s1. The number of hydrogen-bond donors (Lipinski definition) is 0. The van der Waals surface area contributed by atoms with Gasteiger partial charge in [0.1, 0.15) is 0 Å². The maximum absolute atomic E-state index is 12.6. The van der Waals surface area contributed by atoms with Crippen LogP contribution in [0.5, 0.6) is 0 Å². The summed E-state index contributed by atoms with van der Waals surface area (Å²) in [5, 5.41) is 12.8. The van der Waals surface area contributed by atoms with Gasteiger partial charge in [-0.05, 0) is 67.1 Å². The predicted octanol–water partition coefficient (Wildman–Crippen LogP) is 4.30. The van der Waals surface area contributed by atoms with Crippen molar-refractivity contribution in [3.8, 4) is 5.69 Å². The van der Waals surface area contributed by atoms with Crippen LogP contribution >= 0.6 is 23.4 Å². The number of carbonyl (C=O) groups is 1. The Hall–Kier alpha value is -2.18. The number of aromatic nitrogens is 4. The molecule has 0 radical (unpaired) electrons. The Kier molecular flexibility index (Phi) is 5.20. The van der Waals surface area contributed by atoms with E-state index < -0.39 is 0 Å². The summed E-state index contributed by atoms with van der Waals surface area (Å²) in [6.45, 7) is 5.91. The molecule has 0 bridgehead atoms. The highest BCUT2D eigenvalue weighted by atomic mass is 35.5. The smallest absolute Gasteiger partial charge is 0.214 e. The second-order valence-corrected chi connectivity index (χ2v) is 7.54. The molecule has 0 unspecified atom stereocenters. The minimum absolute atomic E-state index is 0.0110. The lowest BCUT2D eigenvalue weighted by Crippen LogP contribution is -2.14. The van der Waals surface area contributed by atoms with Gasteiger partial charge in [0.2, 0.25) is 5.16 Å². The number of nitrogens with zero attached hydrogens (tertiary/aromatic N) is 4. The lowest BCUT2D eigenvalue weighted by Gasteiger charge is -2.12. The monoisotopic (exact) mass is 372 g/mol. The fraction of sp³-hybridized carbons (Fsp3) is 0.222. The Bertz CT molecular complexity index is 908. The summed E-state index contributed by atoms with van der Waals surface area (Å²) in [6, 6.07) is 13.0. The zero-order valence-corrected chi connectivity index (χ0v) is 15.7. The van der Waals surface area contributed by atoms with Crippen LogP contribution in [0.25, 0.3) is 5.69 Å². The molecule has 128 valence electrons. The molecule has 3 rings (SSSR count). The number of tetrazole rings is 1. The average Bonchev–Trinajstić information content (AvgIpc) is 3.02. The van der Waals surface area contributed by atoms with E-state index in [0.717, 1.165) is 11.3 Å². The van der Waals surface area contributed by atoms with Crippen molar-refractivity contribution in [1.82, 2.24) is 20.2 Å². The highest BCUT2D eigenvalue weighted by Gasteiger charge is 2.21. The fourth-order valence-electron chi connectivity index (χ4n) is 2.51. The van der Waals surface area contributed by atoms with Crippen LogP contribution < -0.4 is 0 Å². The van der Waals surface area contributed by atoms with Gasteiger partial charge in [-0.25, -0.2) is 0 Å². The first-order valence-corrected chi connectivity index (χ1v) is 9.04. The Morgan fingerprint density at radius 3 is 2.56 bits per heavy atom. The van der Waals surface area contributed by atoms with E-state index in [-0.39, 0.29) is 11.0 Å². The molecule has 2 aromatic carbocycles. The lowest BCUT2D eigenvalue weighted by atomic mass is 10.1. The summed E-state index contributed by atoms with van der Waals surface area (Å²) in [5.41, 5.74) is 3.78. The van der Waals surface area contributed by atoms with Crippen molar-refractivity contribution in [2.75, 3.05) is 0 Å². The number of halogens is 1. The highest BCUT2D eigenvalue weighted by Crippen LogP contribution is 2.27. The van der Waals surface area contributed by atoms with Crippen molar-refractivity contribution in [2.24, 2.45) is 0 Å². The molecule has 0 aliphatic heterocycles. The van der Waals surface area contributed by atoms with Crippen molar-refractivity contribution < 1.29 is 4.79 Å². The van der Waals surface area contributed by atoms with E-state index in [1.165, 1.54) is 17.3 Å². The maximum atomic E-state index is 12.6. The number of Topliss-reactive ketones (excluding diaryl/α,β-unsaturated/α-hetero) is 1. The van der Waals surface area contributed by atoms with Gasteiger partial charge in [0.05, 0.1) is 10.9 Å². The summed E-state index contributed by atoms with van der Waals surface area (Å²) in [5.74, 6) is 0.0110. The number of benzene rings is 2. The molecule has 0 spiro atoms. The highest BCUT2D eigenvalue weighted by molar-refractivity contribution is 8.00. The van der Waals surface area contributed by atoms with Crippen molar-refractivity contribution in [3.63, 3.8) is 0 Å². The number of rotatable bonds is 5. The van der Waals surface area contributed by atoms with Crippen molar-refractivity contribution in [3.05, 3.63) is 64.2 Å². The minimum atomic E-state index is -0.323. The molecule has 1 heterocycles. The van der Waals surface area contributed by atoms with Gasteiger partial charge in [0.25, 0.3) is 0 Å². The molecule has 0 fully saturated rings. The summed E-state index contributed by atoms with van der Waals surface area (Å²) in [6.07, 6.45) is 0.